The van der Waals surface area contributed by atoms with E-state index in [9.17, 15) is 4.79 Å². The lowest BCUT2D eigenvalue weighted by atomic mass is 10.1. The first-order valence-corrected chi connectivity index (χ1v) is 7.40. The van der Waals surface area contributed by atoms with Gasteiger partial charge in [-0.25, -0.2) is 0 Å². The molecule has 1 amide bonds. The molecular weight excluding hydrogens is 270 g/mol. The summed E-state index contributed by atoms with van der Waals surface area (Å²) in [6.45, 7) is 0.518. The predicted molar refractivity (Wildman–Crippen MR) is 79.3 cm³/mol. The summed E-state index contributed by atoms with van der Waals surface area (Å²) in [5.41, 5.74) is 1.19. The number of rotatable bonds is 5. The number of thiophene rings is 1. The standard InChI is InChI=1S/C16H15NO2S/c18-16-10-15(19-11-13-7-4-8-20-13)14(17-16)9-12-5-2-1-3-6-12/h1-8,10,14H,9,11H2,(H,17,18)/t14-/m0/s1. The Bertz CT molecular complexity index is 605. The molecule has 0 saturated carbocycles. The third-order valence-electron chi connectivity index (χ3n) is 3.18. The smallest absolute Gasteiger partial charge is 0.248 e. The normalized spacial score (nSPS) is 17.7. The zero-order valence-electron chi connectivity index (χ0n) is 10.9. The molecule has 2 heterocycles. The minimum absolute atomic E-state index is 0.0649. The molecule has 1 aromatic carbocycles. The second kappa shape index (κ2) is 5.92. The second-order valence-corrected chi connectivity index (χ2v) is 5.70. The predicted octanol–water partition coefficient (Wildman–Crippen LogP) is 2.89. The number of ether oxygens (including phenoxy) is 1. The van der Waals surface area contributed by atoms with Gasteiger partial charge in [0.15, 0.2) is 0 Å². The summed E-state index contributed by atoms with van der Waals surface area (Å²) in [5, 5.41) is 4.95. The van der Waals surface area contributed by atoms with Crippen LogP contribution in [0.5, 0.6) is 0 Å². The number of amides is 1. The van der Waals surface area contributed by atoms with E-state index in [1.807, 2.05) is 35.7 Å². The molecule has 0 unspecified atom stereocenters. The van der Waals surface area contributed by atoms with Crippen LogP contribution in [0.25, 0.3) is 0 Å². The maximum Gasteiger partial charge on any atom is 0.248 e. The fourth-order valence-electron chi connectivity index (χ4n) is 2.21. The lowest BCUT2D eigenvalue weighted by Crippen LogP contribution is -2.31. The van der Waals surface area contributed by atoms with Gasteiger partial charge in [0.1, 0.15) is 12.4 Å². The Kier molecular flexibility index (Phi) is 3.83. The van der Waals surface area contributed by atoms with E-state index >= 15 is 0 Å². The molecule has 1 aliphatic rings. The quantitative estimate of drug-likeness (QED) is 0.917. The van der Waals surface area contributed by atoms with Crippen molar-refractivity contribution in [3.63, 3.8) is 0 Å². The number of carbonyl (C=O) groups is 1. The molecule has 3 nitrogen and oxygen atoms in total. The largest absolute Gasteiger partial charge is 0.490 e. The Hall–Kier alpha value is -2.07. The molecule has 1 aliphatic heterocycles. The van der Waals surface area contributed by atoms with E-state index in [-0.39, 0.29) is 11.9 Å². The second-order valence-electron chi connectivity index (χ2n) is 4.67. The molecule has 3 rings (SSSR count). The minimum atomic E-state index is -0.0767. The summed E-state index contributed by atoms with van der Waals surface area (Å²) in [6.07, 6.45) is 2.31. The van der Waals surface area contributed by atoms with Crippen molar-refractivity contribution in [3.8, 4) is 0 Å². The number of hydrogen-bond acceptors (Lipinski definition) is 3. The SMILES string of the molecule is O=C1C=C(OCc2cccs2)[C@H](Cc2ccccc2)N1. The van der Waals surface area contributed by atoms with Gasteiger partial charge in [-0.2, -0.15) is 0 Å². The molecule has 102 valence electrons. The Morgan fingerprint density at radius 1 is 1.15 bits per heavy atom. The van der Waals surface area contributed by atoms with Crippen molar-refractivity contribution < 1.29 is 9.53 Å². The lowest BCUT2D eigenvalue weighted by Gasteiger charge is -2.16. The van der Waals surface area contributed by atoms with Gasteiger partial charge in [0.05, 0.1) is 6.04 Å². The summed E-state index contributed by atoms with van der Waals surface area (Å²) in [6, 6.07) is 14.1. The molecule has 1 atom stereocenters. The van der Waals surface area contributed by atoms with Crippen LogP contribution in [0, 0.1) is 0 Å². The molecule has 1 N–H and O–H groups in total. The molecule has 0 radical (unpaired) electrons. The van der Waals surface area contributed by atoms with Crippen molar-refractivity contribution in [2.24, 2.45) is 0 Å². The van der Waals surface area contributed by atoms with Crippen LogP contribution in [-0.4, -0.2) is 11.9 Å². The fourth-order valence-corrected chi connectivity index (χ4v) is 2.82. The molecule has 0 spiro atoms. The van der Waals surface area contributed by atoms with Crippen molar-refractivity contribution in [1.29, 1.82) is 0 Å². The molecule has 0 aliphatic carbocycles. The van der Waals surface area contributed by atoms with Crippen LogP contribution in [-0.2, 0) is 22.6 Å². The number of benzene rings is 1. The Labute approximate surface area is 121 Å². The maximum absolute atomic E-state index is 11.6. The zero-order valence-corrected chi connectivity index (χ0v) is 11.7. The summed E-state index contributed by atoms with van der Waals surface area (Å²) in [7, 11) is 0. The number of carbonyl (C=O) groups excluding carboxylic acids is 1. The third-order valence-corrected chi connectivity index (χ3v) is 4.03. The highest BCUT2D eigenvalue weighted by atomic mass is 32.1. The van der Waals surface area contributed by atoms with Gasteiger partial charge in [-0.05, 0) is 23.4 Å². The van der Waals surface area contributed by atoms with Crippen molar-refractivity contribution in [1.82, 2.24) is 5.32 Å². The Morgan fingerprint density at radius 2 is 2.00 bits per heavy atom. The van der Waals surface area contributed by atoms with Crippen LogP contribution in [0.1, 0.15) is 10.4 Å². The molecule has 0 saturated heterocycles. The van der Waals surface area contributed by atoms with Crippen molar-refractivity contribution in [2.45, 2.75) is 19.1 Å². The van der Waals surface area contributed by atoms with Gasteiger partial charge in [0, 0.05) is 11.0 Å². The number of hydrogen-bond donors (Lipinski definition) is 1. The van der Waals surface area contributed by atoms with E-state index in [1.54, 1.807) is 17.4 Å². The van der Waals surface area contributed by atoms with Gasteiger partial charge in [-0.3, -0.25) is 4.79 Å². The van der Waals surface area contributed by atoms with Crippen molar-refractivity contribution in [2.75, 3.05) is 0 Å². The van der Waals surface area contributed by atoms with E-state index in [0.717, 1.165) is 17.1 Å². The third kappa shape index (κ3) is 3.08. The van der Waals surface area contributed by atoms with Crippen LogP contribution in [0.4, 0.5) is 0 Å². The van der Waals surface area contributed by atoms with E-state index < -0.39 is 0 Å². The van der Waals surface area contributed by atoms with E-state index in [0.29, 0.717) is 6.61 Å². The highest BCUT2D eigenvalue weighted by molar-refractivity contribution is 7.09. The van der Waals surface area contributed by atoms with Crippen LogP contribution in [0.2, 0.25) is 0 Å². The summed E-state index contributed by atoms with van der Waals surface area (Å²) in [5.74, 6) is 0.652. The maximum atomic E-state index is 11.6. The highest BCUT2D eigenvalue weighted by Gasteiger charge is 2.25. The van der Waals surface area contributed by atoms with Crippen LogP contribution in [0.15, 0.2) is 59.7 Å². The highest BCUT2D eigenvalue weighted by Crippen LogP contribution is 2.19. The first kappa shape index (κ1) is 12.9. The van der Waals surface area contributed by atoms with Gasteiger partial charge in [0.2, 0.25) is 5.91 Å². The average Bonchev–Trinajstić information content (AvgIpc) is 3.07. The molecule has 20 heavy (non-hydrogen) atoms. The molecule has 4 heteroatoms. The van der Waals surface area contributed by atoms with Gasteiger partial charge in [-0.1, -0.05) is 36.4 Å². The monoisotopic (exact) mass is 285 g/mol. The zero-order chi connectivity index (χ0) is 13.8. The van der Waals surface area contributed by atoms with Gasteiger partial charge >= 0.3 is 0 Å². The first-order chi connectivity index (χ1) is 9.81. The Morgan fingerprint density at radius 3 is 2.75 bits per heavy atom. The van der Waals surface area contributed by atoms with E-state index in [1.165, 1.54) is 5.56 Å². The first-order valence-electron chi connectivity index (χ1n) is 6.52. The summed E-state index contributed by atoms with van der Waals surface area (Å²) in [4.78, 5) is 12.7. The molecular formula is C16H15NO2S. The summed E-state index contributed by atoms with van der Waals surface area (Å²) < 4.78 is 5.79. The minimum Gasteiger partial charge on any atom is -0.490 e. The summed E-state index contributed by atoms with van der Waals surface area (Å²) >= 11 is 1.65. The van der Waals surface area contributed by atoms with Crippen molar-refractivity contribution in [3.05, 3.63) is 70.1 Å². The van der Waals surface area contributed by atoms with Gasteiger partial charge < -0.3 is 10.1 Å². The lowest BCUT2D eigenvalue weighted by molar-refractivity contribution is -0.116. The van der Waals surface area contributed by atoms with Gasteiger partial charge in [-0.15, -0.1) is 11.3 Å². The molecule has 1 aromatic heterocycles. The van der Waals surface area contributed by atoms with E-state index in [2.05, 4.69) is 17.4 Å². The van der Waals surface area contributed by atoms with Crippen molar-refractivity contribution >= 4 is 17.2 Å². The van der Waals surface area contributed by atoms with Gasteiger partial charge in [0.25, 0.3) is 0 Å². The topological polar surface area (TPSA) is 38.3 Å². The fraction of sp³-hybridized carbons (Fsp3) is 0.188. The molecule has 2 aromatic rings. The van der Waals surface area contributed by atoms with Crippen LogP contribution < -0.4 is 5.32 Å². The van der Waals surface area contributed by atoms with Crippen LogP contribution in [0.3, 0.4) is 0 Å². The van der Waals surface area contributed by atoms with Crippen LogP contribution >= 0.6 is 11.3 Å². The van der Waals surface area contributed by atoms with E-state index in [4.69, 9.17) is 4.74 Å². The number of nitrogens with one attached hydrogen (secondary N) is 1. The molecule has 0 fully saturated rings. The Balaban J connectivity index is 1.65. The molecule has 0 bridgehead atoms. The average molecular weight is 285 g/mol.